The first-order valence-corrected chi connectivity index (χ1v) is 35.7. The summed E-state index contributed by atoms with van der Waals surface area (Å²) in [6.07, 6.45) is 88.4. The van der Waals surface area contributed by atoms with Crippen LogP contribution in [-0.2, 0) is 29.3 Å². The van der Waals surface area contributed by atoms with Gasteiger partial charge < -0.3 is 30.2 Å². The van der Waals surface area contributed by atoms with Crippen LogP contribution in [0.1, 0.15) is 391 Å². The summed E-state index contributed by atoms with van der Waals surface area (Å²) in [6, 6.07) is 18.1. The molecule has 2 aromatic rings. The molecule has 0 fully saturated rings. The maximum Gasteiger partial charge on any atom is 2.00 e. The first-order valence-electron chi connectivity index (χ1n) is 35.7. The fraction of sp³-hybridized carbons (Fsp3) is 0.747. The molecular formula is C79H132N2Ni. The van der Waals surface area contributed by atoms with E-state index in [2.05, 4.69) is 106 Å². The van der Waals surface area contributed by atoms with Gasteiger partial charge in [-0.1, -0.05) is 366 Å². The molecule has 0 heterocycles. The van der Waals surface area contributed by atoms with E-state index in [0.29, 0.717) is 0 Å². The van der Waals surface area contributed by atoms with Crippen LogP contribution < -0.4 is 0 Å². The van der Waals surface area contributed by atoms with Crippen LogP contribution in [0.25, 0.3) is 11.1 Å². The Hall–Kier alpha value is -3.05. The van der Waals surface area contributed by atoms with Crippen LogP contribution in [0.15, 0.2) is 60.2 Å². The van der Waals surface area contributed by atoms with E-state index in [4.69, 9.17) is 18.4 Å². The zero-order valence-electron chi connectivity index (χ0n) is 55.1. The number of allylic oxidation sites excluding steroid dienone is 2. The van der Waals surface area contributed by atoms with E-state index < -0.39 is 0 Å². The van der Waals surface area contributed by atoms with Crippen LogP contribution in [0, 0.1) is 24.7 Å². The molecule has 0 atom stereocenters. The molecule has 0 N–H and O–H groups in total. The van der Waals surface area contributed by atoms with Crippen LogP contribution in [0.4, 0.5) is 0 Å². The standard InChI is InChI=1S/C33H46N2.2C23H43.Ni/c1-4-7-10-11-12-14-18-29-20-16-23-32(27-29)33(30(21-9-6-3)24-25-35-34)31-22-15-19-28(26-31)17-13-8-5-2;2*1-3-5-7-9-11-13-15-17-19-21-23-22-20-18-16-14-12-10-8-6-4-2;/h15-16,19-20,22-24,26-27H,4-14,17-18,21H2,1-3H3;2*3,5-23H2,1H3;/q;2*-1;+2. The van der Waals surface area contributed by atoms with E-state index in [1.165, 1.54) is 335 Å². The van der Waals surface area contributed by atoms with Crippen LogP contribution >= 0.6 is 0 Å². The number of unbranched alkanes of at least 4 members (excludes halogenated alkanes) is 46. The molecule has 468 valence electrons. The molecule has 0 spiro atoms. The van der Waals surface area contributed by atoms with E-state index in [9.17, 15) is 0 Å². The van der Waals surface area contributed by atoms with Gasteiger partial charge in [-0.25, -0.2) is 0 Å². The summed E-state index contributed by atoms with van der Waals surface area (Å²) in [5.74, 6) is 7.65. The van der Waals surface area contributed by atoms with E-state index in [-0.39, 0.29) is 16.5 Å². The number of hydrogen-bond donors (Lipinski definition) is 0. The zero-order chi connectivity index (χ0) is 58.8. The second kappa shape index (κ2) is 68.7. The van der Waals surface area contributed by atoms with Gasteiger partial charge in [0.1, 0.15) is 0 Å². The number of aryl methyl sites for hydroxylation is 2. The summed E-state index contributed by atoms with van der Waals surface area (Å²) in [5, 5.41) is 0. The van der Waals surface area contributed by atoms with Gasteiger partial charge in [-0.2, -0.15) is 0 Å². The average Bonchev–Trinajstić information content (AvgIpc) is 3.59. The first-order chi connectivity index (χ1) is 40.1. The third-order valence-corrected chi connectivity index (χ3v) is 16.5. The molecular weight excluding hydrogens is 1040 g/mol. The summed E-state index contributed by atoms with van der Waals surface area (Å²) < 4.78 is 0. The van der Waals surface area contributed by atoms with Crippen molar-refractivity contribution in [2.75, 3.05) is 0 Å². The second-order valence-electron chi connectivity index (χ2n) is 24.3. The van der Waals surface area contributed by atoms with Crippen molar-refractivity contribution in [1.82, 2.24) is 0 Å². The van der Waals surface area contributed by atoms with Crippen molar-refractivity contribution in [2.45, 2.75) is 381 Å². The summed E-state index contributed by atoms with van der Waals surface area (Å²) in [5.41, 5.74) is 16.8. The minimum absolute atomic E-state index is 0. The molecule has 0 saturated heterocycles. The van der Waals surface area contributed by atoms with Crippen molar-refractivity contribution >= 4 is 11.4 Å². The summed E-state index contributed by atoms with van der Waals surface area (Å²) in [6.45, 7) is 11.3. The van der Waals surface area contributed by atoms with E-state index in [1.807, 2.05) is 6.08 Å². The predicted octanol–water partition coefficient (Wildman–Crippen LogP) is 26.6. The molecule has 0 bridgehead atoms. The maximum absolute atomic E-state index is 9.11. The van der Waals surface area contributed by atoms with E-state index in [0.717, 1.165) is 44.9 Å². The molecule has 0 aliphatic carbocycles. The van der Waals surface area contributed by atoms with E-state index in [1.54, 1.807) is 0 Å². The minimum atomic E-state index is 0. The molecule has 3 heteroatoms. The monoisotopic (exact) mass is 1170 g/mol. The largest absolute Gasteiger partial charge is 2.00 e. The van der Waals surface area contributed by atoms with Crippen LogP contribution in [0.2, 0.25) is 0 Å². The fourth-order valence-electron chi connectivity index (χ4n) is 11.3. The summed E-state index contributed by atoms with van der Waals surface area (Å²) in [7, 11) is 0. The smallest absolute Gasteiger partial charge is 0.694 e. The maximum atomic E-state index is 9.11. The minimum Gasteiger partial charge on any atom is -0.694 e. The molecule has 0 unspecified atom stereocenters. The molecule has 2 aromatic carbocycles. The Balaban J connectivity index is 0. The summed E-state index contributed by atoms with van der Waals surface area (Å²) in [4.78, 5) is 3.17. The molecule has 0 aromatic heterocycles. The first kappa shape index (κ1) is 81.0. The van der Waals surface area contributed by atoms with Gasteiger partial charge in [0, 0.05) is 0 Å². The van der Waals surface area contributed by atoms with Gasteiger partial charge in [0.15, 0.2) is 0 Å². The molecule has 0 saturated carbocycles. The number of nitrogens with zero attached hydrogens (tertiary/aromatic N) is 2. The molecule has 2 nitrogen and oxygen atoms in total. The number of hydrogen-bond acceptors (Lipinski definition) is 0. The van der Waals surface area contributed by atoms with Crippen LogP contribution in [-0.4, -0.2) is 10.7 Å². The van der Waals surface area contributed by atoms with Crippen molar-refractivity contribution in [2.24, 2.45) is 0 Å². The van der Waals surface area contributed by atoms with Gasteiger partial charge >= 0.3 is 16.5 Å². The van der Waals surface area contributed by atoms with Crippen molar-refractivity contribution in [3.63, 3.8) is 0 Å². The fourth-order valence-corrected chi connectivity index (χ4v) is 11.3. The van der Waals surface area contributed by atoms with Gasteiger partial charge in [0.2, 0.25) is 0 Å². The number of benzene rings is 2. The van der Waals surface area contributed by atoms with Crippen molar-refractivity contribution in [1.29, 1.82) is 0 Å². The molecule has 82 heavy (non-hydrogen) atoms. The SMILES string of the molecule is CCCCCCCCc1cccc(C(=C(C=C=[N+]=[N-])CCCC)c2cccc(CCCCC)c2)c1.[C-]#CCCCCCCCCCCCCCCCCCCCCC.[C-]#CCCCCCCCCCCCCCCCCCCCCC.[Ni+2]. The second-order valence-corrected chi connectivity index (χ2v) is 24.3. The van der Waals surface area contributed by atoms with Gasteiger partial charge in [-0.3, -0.25) is 0 Å². The van der Waals surface area contributed by atoms with Gasteiger partial charge in [-0.15, -0.1) is 4.79 Å². The Labute approximate surface area is 523 Å². The molecule has 0 aliphatic rings. The van der Waals surface area contributed by atoms with Crippen LogP contribution in [0.5, 0.6) is 0 Å². The Morgan fingerprint density at radius 3 is 0.902 bits per heavy atom. The third-order valence-electron chi connectivity index (χ3n) is 16.5. The van der Waals surface area contributed by atoms with Crippen molar-refractivity contribution < 1.29 is 21.3 Å². The predicted molar refractivity (Wildman–Crippen MR) is 362 cm³/mol. The number of rotatable bonds is 55. The molecule has 0 aliphatic heterocycles. The summed E-state index contributed by atoms with van der Waals surface area (Å²) >= 11 is 0. The van der Waals surface area contributed by atoms with Gasteiger partial charge in [-0.05, 0) is 97.6 Å². The Kier molecular flexibility index (Phi) is 67.9. The Morgan fingerprint density at radius 1 is 0.366 bits per heavy atom. The van der Waals surface area contributed by atoms with Gasteiger partial charge in [0.05, 0.1) is 6.08 Å². The van der Waals surface area contributed by atoms with Gasteiger partial charge in [0.25, 0.3) is 5.87 Å². The quantitative estimate of drug-likeness (QED) is 0.00925. The molecule has 0 radical (unpaired) electrons. The van der Waals surface area contributed by atoms with Crippen LogP contribution in [0.3, 0.4) is 0 Å². The molecule has 0 amide bonds. The van der Waals surface area contributed by atoms with Crippen molar-refractivity contribution in [3.8, 4) is 11.8 Å². The Bertz CT molecular complexity index is 1780. The Morgan fingerprint density at radius 2 is 0.622 bits per heavy atom. The van der Waals surface area contributed by atoms with E-state index >= 15 is 0 Å². The van der Waals surface area contributed by atoms with Crippen molar-refractivity contribution in [3.05, 3.63) is 101 Å². The average molecular weight is 1170 g/mol. The zero-order valence-corrected chi connectivity index (χ0v) is 56.1. The normalized spacial score (nSPS) is 11.0. The molecule has 2 rings (SSSR count). The topological polar surface area (TPSA) is 36.4 Å². The third kappa shape index (κ3) is 54.9.